The molecule has 23 heavy (non-hydrogen) atoms. The highest BCUT2D eigenvalue weighted by Gasteiger charge is 2.22. The Bertz CT molecular complexity index is 866. The minimum atomic E-state index is -3.95. The molecule has 0 saturated heterocycles. The first kappa shape index (κ1) is 17.2. The molecule has 0 radical (unpaired) electrons. The molecular weight excluding hydrogens is 340 g/mol. The van der Waals surface area contributed by atoms with Crippen molar-refractivity contribution < 1.29 is 13.3 Å². The fourth-order valence-electron chi connectivity index (χ4n) is 2.16. The van der Waals surface area contributed by atoms with Gasteiger partial charge >= 0.3 is 0 Å². The molecule has 2 aromatic carbocycles. The number of anilines is 1. The van der Waals surface area contributed by atoms with Crippen molar-refractivity contribution in [1.82, 2.24) is 0 Å². The first-order chi connectivity index (χ1) is 10.8. The van der Waals surface area contributed by atoms with Crippen LogP contribution in [0.2, 0.25) is 5.02 Å². The SMILES string of the molecule is CCc1cccc(C)c1NS(=O)(=O)c1ccc(Cl)c([N+](=O)[O-])c1. The molecule has 1 N–H and O–H groups in total. The number of hydrogen-bond acceptors (Lipinski definition) is 4. The molecule has 0 unspecified atom stereocenters. The van der Waals surface area contributed by atoms with Crippen molar-refractivity contribution in [2.45, 2.75) is 25.2 Å². The van der Waals surface area contributed by atoms with Gasteiger partial charge in [-0.3, -0.25) is 14.8 Å². The van der Waals surface area contributed by atoms with Crippen molar-refractivity contribution in [1.29, 1.82) is 0 Å². The first-order valence-electron chi connectivity index (χ1n) is 6.81. The van der Waals surface area contributed by atoms with Crippen LogP contribution in [-0.4, -0.2) is 13.3 Å². The minimum absolute atomic E-state index is 0.112. The zero-order valence-electron chi connectivity index (χ0n) is 12.5. The molecule has 2 rings (SSSR count). The van der Waals surface area contributed by atoms with Crippen LogP contribution in [0.25, 0.3) is 0 Å². The molecule has 2 aromatic rings. The second-order valence-corrected chi connectivity index (χ2v) is 7.03. The molecule has 0 aromatic heterocycles. The van der Waals surface area contributed by atoms with Crippen LogP contribution in [0, 0.1) is 17.0 Å². The zero-order chi connectivity index (χ0) is 17.2. The summed E-state index contributed by atoms with van der Waals surface area (Å²) in [5.74, 6) is 0. The summed E-state index contributed by atoms with van der Waals surface area (Å²) < 4.78 is 27.6. The molecule has 0 spiro atoms. The predicted octanol–water partition coefficient (Wildman–Crippen LogP) is 3.92. The molecule has 6 nitrogen and oxygen atoms in total. The number of nitro groups is 1. The van der Waals surface area contributed by atoms with Gasteiger partial charge < -0.3 is 0 Å². The van der Waals surface area contributed by atoms with Gasteiger partial charge in [-0.2, -0.15) is 0 Å². The molecule has 0 bridgehead atoms. The molecule has 0 atom stereocenters. The van der Waals surface area contributed by atoms with Gasteiger partial charge in [-0.1, -0.05) is 36.7 Å². The van der Waals surface area contributed by atoms with Crippen molar-refractivity contribution in [2.75, 3.05) is 4.72 Å². The van der Waals surface area contributed by atoms with E-state index < -0.39 is 20.6 Å². The number of para-hydroxylation sites is 1. The van der Waals surface area contributed by atoms with Gasteiger partial charge in [0.1, 0.15) is 5.02 Å². The zero-order valence-corrected chi connectivity index (χ0v) is 14.1. The van der Waals surface area contributed by atoms with E-state index in [9.17, 15) is 18.5 Å². The fraction of sp³-hybridized carbons (Fsp3) is 0.200. The molecule has 0 aliphatic carbocycles. The summed E-state index contributed by atoms with van der Waals surface area (Å²) in [4.78, 5) is 9.99. The number of nitrogens with zero attached hydrogens (tertiary/aromatic N) is 1. The summed E-state index contributed by atoms with van der Waals surface area (Å²) in [7, 11) is -3.95. The highest BCUT2D eigenvalue weighted by Crippen LogP contribution is 2.29. The maximum absolute atomic E-state index is 12.5. The van der Waals surface area contributed by atoms with Crippen molar-refractivity contribution in [3.63, 3.8) is 0 Å². The van der Waals surface area contributed by atoms with Gasteiger partial charge in [-0.25, -0.2) is 8.42 Å². The molecule has 0 aliphatic rings. The third-order valence-electron chi connectivity index (χ3n) is 3.40. The molecule has 0 amide bonds. The molecule has 0 aliphatic heterocycles. The topological polar surface area (TPSA) is 89.3 Å². The Morgan fingerprint density at radius 3 is 2.57 bits per heavy atom. The number of sulfonamides is 1. The van der Waals surface area contributed by atoms with E-state index in [0.29, 0.717) is 12.1 Å². The smallest absolute Gasteiger partial charge is 0.279 e. The molecule has 0 saturated carbocycles. The summed E-state index contributed by atoms with van der Waals surface area (Å²) in [5.41, 5.74) is 1.66. The van der Waals surface area contributed by atoms with E-state index in [0.717, 1.165) is 17.2 Å². The molecule has 8 heteroatoms. The van der Waals surface area contributed by atoms with Gasteiger partial charge in [0, 0.05) is 6.07 Å². The number of hydrogen-bond donors (Lipinski definition) is 1. The highest BCUT2D eigenvalue weighted by molar-refractivity contribution is 7.92. The predicted molar refractivity (Wildman–Crippen MR) is 89.5 cm³/mol. The Hall–Kier alpha value is -2.12. The van der Waals surface area contributed by atoms with E-state index in [1.807, 2.05) is 19.1 Å². The van der Waals surface area contributed by atoms with Crippen LogP contribution in [-0.2, 0) is 16.4 Å². The van der Waals surface area contributed by atoms with E-state index in [4.69, 9.17) is 11.6 Å². The first-order valence-corrected chi connectivity index (χ1v) is 8.67. The lowest BCUT2D eigenvalue weighted by molar-refractivity contribution is -0.384. The Morgan fingerprint density at radius 2 is 1.96 bits per heavy atom. The lowest BCUT2D eigenvalue weighted by atomic mass is 10.1. The van der Waals surface area contributed by atoms with Gasteiger partial charge in [-0.05, 0) is 36.6 Å². The van der Waals surface area contributed by atoms with Crippen LogP contribution in [0.3, 0.4) is 0 Å². The maximum atomic E-state index is 12.5. The normalized spacial score (nSPS) is 11.3. The Balaban J connectivity index is 2.49. The number of aryl methyl sites for hydroxylation is 2. The second-order valence-electron chi connectivity index (χ2n) is 4.94. The van der Waals surface area contributed by atoms with E-state index >= 15 is 0 Å². The summed E-state index contributed by atoms with van der Waals surface area (Å²) in [6.45, 7) is 3.71. The number of halogens is 1. The average Bonchev–Trinajstić information content (AvgIpc) is 2.49. The number of rotatable bonds is 5. The lowest BCUT2D eigenvalue weighted by Crippen LogP contribution is -2.15. The maximum Gasteiger partial charge on any atom is 0.289 e. The van der Waals surface area contributed by atoms with E-state index in [1.165, 1.54) is 12.1 Å². The van der Waals surface area contributed by atoms with Crippen LogP contribution in [0.1, 0.15) is 18.1 Å². The van der Waals surface area contributed by atoms with Gasteiger partial charge in [0.25, 0.3) is 15.7 Å². The van der Waals surface area contributed by atoms with Gasteiger partial charge in [0.2, 0.25) is 0 Å². The summed E-state index contributed by atoms with van der Waals surface area (Å²) in [5, 5.41) is 10.8. The van der Waals surface area contributed by atoms with Crippen molar-refractivity contribution in [3.8, 4) is 0 Å². The Morgan fingerprint density at radius 1 is 1.26 bits per heavy atom. The van der Waals surface area contributed by atoms with Crippen LogP contribution in [0.4, 0.5) is 11.4 Å². The molecular formula is C15H15ClN2O4S. The molecule has 0 fully saturated rings. The van der Waals surface area contributed by atoms with Crippen molar-refractivity contribution >= 4 is 33.0 Å². The Labute approximate surface area is 139 Å². The minimum Gasteiger partial charge on any atom is -0.279 e. The highest BCUT2D eigenvalue weighted by atomic mass is 35.5. The monoisotopic (exact) mass is 354 g/mol. The van der Waals surface area contributed by atoms with Crippen LogP contribution < -0.4 is 4.72 Å². The largest absolute Gasteiger partial charge is 0.289 e. The van der Waals surface area contributed by atoms with Crippen LogP contribution >= 0.6 is 11.6 Å². The number of nitrogens with one attached hydrogen (secondary N) is 1. The van der Waals surface area contributed by atoms with Crippen molar-refractivity contribution in [2.24, 2.45) is 0 Å². The quantitative estimate of drug-likeness (QED) is 0.651. The average molecular weight is 355 g/mol. The van der Waals surface area contributed by atoms with E-state index in [1.54, 1.807) is 13.0 Å². The van der Waals surface area contributed by atoms with Crippen LogP contribution in [0.5, 0.6) is 0 Å². The summed E-state index contributed by atoms with van der Waals surface area (Å²) in [6, 6.07) is 8.86. The van der Waals surface area contributed by atoms with Gasteiger partial charge in [-0.15, -0.1) is 0 Å². The van der Waals surface area contributed by atoms with E-state index in [2.05, 4.69) is 4.72 Å². The van der Waals surface area contributed by atoms with Gasteiger partial charge in [0.05, 0.1) is 15.5 Å². The number of nitro benzene ring substituents is 1. The third-order valence-corrected chi connectivity index (χ3v) is 5.07. The molecule has 0 heterocycles. The summed E-state index contributed by atoms with van der Waals surface area (Å²) >= 11 is 5.72. The number of benzene rings is 2. The second kappa shape index (κ2) is 6.55. The van der Waals surface area contributed by atoms with E-state index in [-0.39, 0.29) is 9.92 Å². The van der Waals surface area contributed by atoms with Crippen molar-refractivity contribution in [3.05, 3.63) is 62.7 Å². The molecule has 122 valence electrons. The summed E-state index contributed by atoms with van der Waals surface area (Å²) in [6.07, 6.45) is 0.653. The van der Waals surface area contributed by atoms with Crippen LogP contribution in [0.15, 0.2) is 41.3 Å². The standard InChI is InChI=1S/C15H15ClN2O4S/c1-3-11-6-4-5-10(2)15(11)17-23(21,22)12-7-8-13(16)14(9-12)18(19)20/h4-9,17H,3H2,1-2H3. The van der Waals surface area contributed by atoms with Gasteiger partial charge in [0.15, 0.2) is 0 Å². The lowest BCUT2D eigenvalue weighted by Gasteiger charge is -2.14. The third kappa shape index (κ3) is 3.62. The Kier molecular flexibility index (Phi) is 4.91. The fourth-order valence-corrected chi connectivity index (χ4v) is 3.54.